The van der Waals surface area contributed by atoms with Crippen molar-refractivity contribution in [3.8, 4) is 0 Å². The number of furan rings is 1. The zero-order valence-electron chi connectivity index (χ0n) is 14.8. The highest BCUT2D eigenvalue weighted by molar-refractivity contribution is 5.72. The Bertz CT molecular complexity index is 657. The van der Waals surface area contributed by atoms with E-state index in [1.165, 1.54) is 32.1 Å². The predicted molar refractivity (Wildman–Crippen MR) is 95.0 cm³/mol. The van der Waals surface area contributed by atoms with Crippen molar-refractivity contribution >= 4 is 11.1 Å². The highest BCUT2D eigenvalue weighted by Gasteiger charge is 2.11. The van der Waals surface area contributed by atoms with Gasteiger partial charge in [0.25, 0.3) is 0 Å². The van der Waals surface area contributed by atoms with Gasteiger partial charge in [-0.3, -0.25) is 4.57 Å². The molecule has 4 nitrogen and oxygen atoms in total. The van der Waals surface area contributed by atoms with Gasteiger partial charge in [-0.05, 0) is 25.8 Å². The number of aryl methyl sites for hydroxylation is 1. The quantitative estimate of drug-likeness (QED) is 0.562. The number of rotatable bonds is 10. The van der Waals surface area contributed by atoms with Gasteiger partial charge >= 0.3 is 5.69 Å². The van der Waals surface area contributed by atoms with Crippen molar-refractivity contribution in [1.82, 2.24) is 9.55 Å². The molecule has 2 heterocycles. The molecule has 0 saturated carbocycles. The lowest BCUT2D eigenvalue weighted by atomic mass is 10.1. The lowest BCUT2D eigenvalue weighted by molar-refractivity contribution is 0.474. The van der Waals surface area contributed by atoms with E-state index in [2.05, 4.69) is 25.8 Å². The first-order valence-electron chi connectivity index (χ1n) is 9.17. The number of fused-ring (bicyclic) bond motifs is 1. The normalized spacial score (nSPS) is 12.8. The van der Waals surface area contributed by atoms with Gasteiger partial charge < -0.3 is 4.42 Å². The molecule has 2 rings (SSSR count). The molecular weight excluding hydrogens is 288 g/mol. The first-order valence-corrected chi connectivity index (χ1v) is 9.17. The molecule has 0 amide bonds. The van der Waals surface area contributed by atoms with E-state index in [1.807, 2.05) is 12.3 Å². The van der Waals surface area contributed by atoms with Gasteiger partial charge in [0.1, 0.15) is 5.76 Å². The lowest BCUT2D eigenvalue weighted by Gasteiger charge is -2.12. The number of unbranched alkanes of at least 4 members (excludes halogenated alkanes) is 5. The standard InChI is InChI=1S/C19H30N2O2/c1-4-6-7-8-9-10-12-17-13-16-14-21(15(3)11-5-2)19(22)20-18(16)23-17/h13-15H,4-12H2,1-3H3. The Kier molecular flexibility index (Phi) is 6.87. The van der Waals surface area contributed by atoms with E-state index in [9.17, 15) is 4.79 Å². The molecule has 0 aromatic carbocycles. The summed E-state index contributed by atoms with van der Waals surface area (Å²) in [4.78, 5) is 16.2. The van der Waals surface area contributed by atoms with E-state index in [4.69, 9.17) is 4.42 Å². The molecule has 1 atom stereocenters. The summed E-state index contributed by atoms with van der Waals surface area (Å²) in [6.45, 7) is 6.43. The molecule has 128 valence electrons. The van der Waals surface area contributed by atoms with Crippen LogP contribution in [0.3, 0.4) is 0 Å². The van der Waals surface area contributed by atoms with Crippen molar-refractivity contribution in [3.05, 3.63) is 28.5 Å². The minimum absolute atomic E-state index is 0.182. The lowest BCUT2D eigenvalue weighted by Crippen LogP contribution is -2.24. The predicted octanol–water partition coefficient (Wildman–Crippen LogP) is 5.25. The van der Waals surface area contributed by atoms with Gasteiger partial charge in [-0.1, -0.05) is 52.4 Å². The van der Waals surface area contributed by atoms with Crippen molar-refractivity contribution in [2.45, 2.75) is 84.6 Å². The molecule has 0 N–H and O–H groups in total. The Labute approximate surface area is 138 Å². The minimum atomic E-state index is -0.209. The molecule has 0 saturated heterocycles. The number of nitrogens with zero attached hydrogens (tertiary/aromatic N) is 2. The highest BCUT2D eigenvalue weighted by atomic mass is 16.3. The maximum atomic E-state index is 12.1. The summed E-state index contributed by atoms with van der Waals surface area (Å²) in [6.07, 6.45) is 12.5. The van der Waals surface area contributed by atoms with E-state index in [0.717, 1.165) is 36.8 Å². The fourth-order valence-electron chi connectivity index (χ4n) is 3.05. The van der Waals surface area contributed by atoms with Gasteiger partial charge in [0, 0.05) is 18.7 Å². The number of aromatic nitrogens is 2. The van der Waals surface area contributed by atoms with Crippen LogP contribution in [0.15, 0.2) is 21.5 Å². The second-order valence-corrected chi connectivity index (χ2v) is 6.56. The summed E-state index contributed by atoms with van der Waals surface area (Å²) in [5, 5.41) is 0.938. The Morgan fingerprint density at radius 2 is 1.87 bits per heavy atom. The SMILES string of the molecule is CCCCCCCCc1cc2cn(C(C)CCC)c(=O)nc2o1. The fraction of sp³-hybridized carbons (Fsp3) is 0.684. The third-order valence-corrected chi connectivity index (χ3v) is 4.45. The van der Waals surface area contributed by atoms with Crippen LogP contribution in [0.4, 0.5) is 0 Å². The molecule has 0 fully saturated rings. The number of hydrogen-bond donors (Lipinski definition) is 0. The van der Waals surface area contributed by atoms with Crippen LogP contribution in [0.1, 0.15) is 83.9 Å². The van der Waals surface area contributed by atoms with Crippen LogP contribution in [-0.4, -0.2) is 9.55 Å². The second-order valence-electron chi connectivity index (χ2n) is 6.56. The monoisotopic (exact) mass is 318 g/mol. The summed E-state index contributed by atoms with van der Waals surface area (Å²) < 4.78 is 7.48. The molecule has 2 aromatic rings. The highest BCUT2D eigenvalue weighted by Crippen LogP contribution is 2.20. The van der Waals surface area contributed by atoms with E-state index in [-0.39, 0.29) is 11.7 Å². The van der Waals surface area contributed by atoms with E-state index < -0.39 is 0 Å². The molecule has 0 bridgehead atoms. The van der Waals surface area contributed by atoms with Crippen LogP contribution < -0.4 is 5.69 Å². The van der Waals surface area contributed by atoms with Crippen molar-refractivity contribution < 1.29 is 4.42 Å². The molecule has 0 aliphatic heterocycles. The summed E-state index contributed by atoms with van der Waals surface area (Å²) >= 11 is 0. The van der Waals surface area contributed by atoms with E-state index >= 15 is 0 Å². The van der Waals surface area contributed by atoms with Crippen molar-refractivity contribution in [3.63, 3.8) is 0 Å². The van der Waals surface area contributed by atoms with Crippen molar-refractivity contribution in [2.75, 3.05) is 0 Å². The third-order valence-electron chi connectivity index (χ3n) is 4.45. The van der Waals surface area contributed by atoms with Gasteiger partial charge in [-0.15, -0.1) is 0 Å². The van der Waals surface area contributed by atoms with Crippen molar-refractivity contribution in [1.29, 1.82) is 0 Å². The summed E-state index contributed by atoms with van der Waals surface area (Å²) in [7, 11) is 0. The van der Waals surface area contributed by atoms with Crippen LogP contribution in [-0.2, 0) is 6.42 Å². The van der Waals surface area contributed by atoms with Crippen LogP contribution >= 0.6 is 0 Å². The smallest absolute Gasteiger partial charge is 0.351 e. The second kappa shape index (κ2) is 8.90. The van der Waals surface area contributed by atoms with Crippen molar-refractivity contribution in [2.24, 2.45) is 0 Å². The van der Waals surface area contributed by atoms with Gasteiger partial charge in [0.05, 0.1) is 5.39 Å². The Balaban J connectivity index is 2.00. The Morgan fingerprint density at radius 1 is 1.13 bits per heavy atom. The summed E-state index contributed by atoms with van der Waals surface area (Å²) in [5.74, 6) is 0.947. The van der Waals surface area contributed by atoms with Gasteiger partial charge in [-0.25, -0.2) is 4.79 Å². The first-order chi connectivity index (χ1) is 11.2. The van der Waals surface area contributed by atoms with Crippen LogP contribution in [0.5, 0.6) is 0 Å². The molecule has 23 heavy (non-hydrogen) atoms. The maximum Gasteiger partial charge on any atom is 0.351 e. The van der Waals surface area contributed by atoms with Gasteiger partial charge in [0.15, 0.2) is 0 Å². The maximum absolute atomic E-state index is 12.1. The molecule has 1 unspecified atom stereocenters. The molecule has 0 aliphatic rings. The summed E-state index contributed by atoms with van der Waals surface area (Å²) in [6, 6.07) is 2.23. The molecule has 2 aromatic heterocycles. The molecule has 4 heteroatoms. The average molecular weight is 318 g/mol. The third kappa shape index (κ3) is 4.95. The average Bonchev–Trinajstić information content (AvgIpc) is 2.91. The van der Waals surface area contributed by atoms with E-state index in [1.54, 1.807) is 4.57 Å². The van der Waals surface area contributed by atoms with Crippen LogP contribution in [0.2, 0.25) is 0 Å². The first kappa shape index (κ1) is 17.8. The minimum Gasteiger partial charge on any atom is -0.443 e. The molecular formula is C19H30N2O2. The molecule has 0 aliphatic carbocycles. The van der Waals surface area contributed by atoms with Gasteiger partial charge in [0.2, 0.25) is 5.71 Å². The summed E-state index contributed by atoms with van der Waals surface area (Å²) in [5.41, 5.74) is 0.273. The molecule has 0 spiro atoms. The Hall–Kier alpha value is -1.58. The Morgan fingerprint density at radius 3 is 2.61 bits per heavy atom. The fourth-order valence-corrected chi connectivity index (χ4v) is 3.05. The van der Waals surface area contributed by atoms with Gasteiger partial charge in [-0.2, -0.15) is 4.98 Å². The van der Waals surface area contributed by atoms with Crippen LogP contribution in [0, 0.1) is 0 Å². The zero-order chi connectivity index (χ0) is 16.7. The van der Waals surface area contributed by atoms with E-state index in [0.29, 0.717) is 5.71 Å². The topological polar surface area (TPSA) is 48.0 Å². The van der Waals surface area contributed by atoms with Crippen LogP contribution in [0.25, 0.3) is 11.1 Å². The molecule has 0 radical (unpaired) electrons. The number of hydrogen-bond acceptors (Lipinski definition) is 3. The zero-order valence-corrected chi connectivity index (χ0v) is 14.8. The largest absolute Gasteiger partial charge is 0.443 e.